The second-order valence-electron chi connectivity index (χ2n) is 2.68. The van der Waals surface area contributed by atoms with Gasteiger partial charge in [-0.15, -0.1) is 0 Å². The van der Waals surface area contributed by atoms with Crippen LogP contribution in [0.3, 0.4) is 0 Å². The molecular formula is C10H11F2O3. The van der Waals surface area contributed by atoms with Crippen LogP contribution >= 0.6 is 0 Å². The van der Waals surface area contributed by atoms with E-state index in [1.807, 2.05) is 0 Å². The number of methoxy groups -OCH3 is 2. The highest BCUT2D eigenvalue weighted by molar-refractivity contribution is 5.52. The van der Waals surface area contributed by atoms with Crippen LogP contribution in [0.4, 0.5) is 8.78 Å². The standard InChI is InChI=1S/C10H11F2O3/c1-6-8(13-2)4-7(15-10(11)12)5-9(6)14-3/h4-5,10H,1H2,2-3H3. The lowest BCUT2D eigenvalue weighted by atomic mass is 10.2. The van der Waals surface area contributed by atoms with Gasteiger partial charge in [-0.05, 0) is 6.92 Å². The molecule has 15 heavy (non-hydrogen) atoms. The molecule has 5 heteroatoms. The van der Waals surface area contributed by atoms with Crippen molar-refractivity contribution in [1.82, 2.24) is 0 Å². The summed E-state index contributed by atoms with van der Waals surface area (Å²) in [5.74, 6) is 0.654. The van der Waals surface area contributed by atoms with Gasteiger partial charge in [0.2, 0.25) is 0 Å². The highest BCUT2D eigenvalue weighted by Gasteiger charge is 2.11. The Balaban J connectivity index is 3.09. The van der Waals surface area contributed by atoms with Crippen molar-refractivity contribution in [2.45, 2.75) is 6.61 Å². The van der Waals surface area contributed by atoms with E-state index in [0.717, 1.165) is 0 Å². The van der Waals surface area contributed by atoms with Gasteiger partial charge in [0.1, 0.15) is 17.2 Å². The number of hydrogen-bond acceptors (Lipinski definition) is 3. The van der Waals surface area contributed by atoms with Gasteiger partial charge < -0.3 is 14.2 Å². The molecule has 0 saturated carbocycles. The first-order valence-corrected chi connectivity index (χ1v) is 4.11. The predicted octanol–water partition coefficient (Wildman–Crippen LogP) is 2.49. The molecule has 0 heterocycles. The van der Waals surface area contributed by atoms with Gasteiger partial charge in [0, 0.05) is 17.7 Å². The van der Waals surface area contributed by atoms with Crippen molar-refractivity contribution >= 4 is 0 Å². The molecule has 3 nitrogen and oxygen atoms in total. The molecule has 0 bridgehead atoms. The summed E-state index contributed by atoms with van der Waals surface area (Å²) >= 11 is 0. The monoisotopic (exact) mass is 217 g/mol. The van der Waals surface area contributed by atoms with E-state index in [-0.39, 0.29) is 5.75 Å². The first-order chi connectivity index (χ1) is 7.08. The van der Waals surface area contributed by atoms with Gasteiger partial charge in [-0.25, -0.2) is 0 Å². The largest absolute Gasteiger partial charge is 0.496 e. The van der Waals surface area contributed by atoms with Crippen molar-refractivity contribution in [3.8, 4) is 17.2 Å². The SMILES string of the molecule is [CH2]c1c(OC)cc(OC(F)F)cc1OC. The average molecular weight is 217 g/mol. The molecule has 0 aliphatic rings. The van der Waals surface area contributed by atoms with Crippen LogP contribution in [0.25, 0.3) is 0 Å². The Kier molecular flexibility index (Phi) is 3.71. The maximum Gasteiger partial charge on any atom is 0.387 e. The Morgan fingerprint density at radius 3 is 1.93 bits per heavy atom. The second-order valence-corrected chi connectivity index (χ2v) is 2.68. The fourth-order valence-electron chi connectivity index (χ4n) is 1.13. The molecule has 0 N–H and O–H groups in total. The van der Waals surface area contributed by atoms with Gasteiger partial charge >= 0.3 is 6.61 Å². The maximum absolute atomic E-state index is 12.0. The third-order valence-corrected chi connectivity index (χ3v) is 1.81. The summed E-state index contributed by atoms with van der Waals surface area (Å²) < 4.78 is 38.1. The van der Waals surface area contributed by atoms with Crippen molar-refractivity contribution in [2.24, 2.45) is 0 Å². The summed E-state index contributed by atoms with van der Waals surface area (Å²) in [6.07, 6.45) is 0. The summed E-state index contributed by atoms with van der Waals surface area (Å²) in [7, 11) is 2.82. The lowest BCUT2D eigenvalue weighted by Crippen LogP contribution is -2.03. The minimum atomic E-state index is -2.88. The fraction of sp³-hybridized carbons (Fsp3) is 0.300. The summed E-state index contributed by atoms with van der Waals surface area (Å²) in [4.78, 5) is 0. The molecular weight excluding hydrogens is 206 g/mol. The van der Waals surface area contributed by atoms with Crippen molar-refractivity contribution < 1.29 is 23.0 Å². The van der Waals surface area contributed by atoms with Gasteiger partial charge in [-0.2, -0.15) is 8.78 Å². The van der Waals surface area contributed by atoms with Crippen molar-refractivity contribution in [3.05, 3.63) is 24.6 Å². The first-order valence-electron chi connectivity index (χ1n) is 4.11. The number of rotatable bonds is 4. The molecule has 0 unspecified atom stereocenters. The number of alkyl halides is 2. The quantitative estimate of drug-likeness (QED) is 0.775. The Morgan fingerprint density at radius 2 is 1.60 bits per heavy atom. The molecule has 0 aliphatic heterocycles. The highest BCUT2D eigenvalue weighted by Crippen LogP contribution is 2.33. The topological polar surface area (TPSA) is 27.7 Å². The zero-order valence-electron chi connectivity index (χ0n) is 8.42. The van der Waals surface area contributed by atoms with Gasteiger partial charge in [0.25, 0.3) is 0 Å². The van der Waals surface area contributed by atoms with E-state index < -0.39 is 6.61 Å². The Labute approximate surface area is 86.6 Å². The molecule has 0 amide bonds. The first kappa shape index (κ1) is 11.6. The number of halogens is 2. The fourth-order valence-corrected chi connectivity index (χ4v) is 1.13. The van der Waals surface area contributed by atoms with E-state index in [4.69, 9.17) is 9.47 Å². The van der Waals surface area contributed by atoms with E-state index in [2.05, 4.69) is 11.7 Å². The number of ether oxygens (including phenoxy) is 3. The molecule has 83 valence electrons. The van der Waals surface area contributed by atoms with E-state index in [9.17, 15) is 8.78 Å². The zero-order valence-corrected chi connectivity index (χ0v) is 8.42. The normalized spacial score (nSPS) is 10.3. The number of hydrogen-bond donors (Lipinski definition) is 0. The van der Waals surface area contributed by atoms with Gasteiger partial charge in [-0.3, -0.25) is 0 Å². The lowest BCUT2D eigenvalue weighted by Gasteiger charge is -2.12. The van der Waals surface area contributed by atoms with E-state index in [1.54, 1.807) is 0 Å². The van der Waals surface area contributed by atoms with Crippen LogP contribution in [-0.4, -0.2) is 20.8 Å². The summed E-state index contributed by atoms with van der Waals surface area (Å²) in [5.41, 5.74) is 0.488. The van der Waals surface area contributed by atoms with Crippen molar-refractivity contribution in [2.75, 3.05) is 14.2 Å². The molecule has 1 aromatic rings. The van der Waals surface area contributed by atoms with Crippen LogP contribution in [0, 0.1) is 6.92 Å². The van der Waals surface area contributed by atoms with E-state index in [0.29, 0.717) is 17.1 Å². The second kappa shape index (κ2) is 4.82. The molecule has 0 saturated heterocycles. The molecule has 0 aromatic heterocycles. The van der Waals surface area contributed by atoms with E-state index >= 15 is 0 Å². The molecule has 0 fully saturated rings. The predicted molar refractivity (Wildman–Crippen MR) is 50.6 cm³/mol. The third-order valence-electron chi connectivity index (χ3n) is 1.81. The summed E-state index contributed by atoms with van der Waals surface area (Å²) in [5, 5.41) is 0. The average Bonchev–Trinajstić information content (AvgIpc) is 2.19. The summed E-state index contributed by atoms with van der Waals surface area (Å²) in [6.45, 7) is 0.810. The number of benzene rings is 1. The van der Waals surface area contributed by atoms with E-state index in [1.165, 1.54) is 26.4 Å². The van der Waals surface area contributed by atoms with Crippen LogP contribution in [0.15, 0.2) is 12.1 Å². The van der Waals surface area contributed by atoms with Crippen LogP contribution in [-0.2, 0) is 0 Å². The molecule has 1 radical (unpaired) electrons. The molecule has 1 aromatic carbocycles. The Morgan fingerprint density at radius 1 is 1.13 bits per heavy atom. The molecule has 1 rings (SSSR count). The highest BCUT2D eigenvalue weighted by atomic mass is 19.3. The van der Waals surface area contributed by atoms with Crippen LogP contribution < -0.4 is 14.2 Å². The Hall–Kier alpha value is -1.52. The zero-order chi connectivity index (χ0) is 11.4. The van der Waals surface area contributed by atoms with Crippen LogP contribution in [0.2, 0.25) is 0 Å². The van der Waals surface area contributed by atoms with Crippen molar-refractivity contribution in [1.29, 1.82) is 0 Å². The minimum absolute atomic E-state index is 0.0221. The van der Waals surface area contributed by atoms with Gasteiger partial charge in [0.15, 0.2) is 0 Å². The maximum atomic E-state index is 12.0. The minimum Gasteiger partial charge on any atom is -0.496 e. The van der Waals surface area contributed by atoms with Gasteiger partial charge in [0.05, 0.1) is 14.2 Å². The Bertz CT molecular complexity index is 314. The van der Waals surface area contributed by atoms with Crippen molar-refractivity contribution in [3.63, 3.8) is 0 Å². The van der Waals surface area contributed by atoms with Crippen LogP contribution in [0.1, 0.15) is 5.56 Å². The molecule has 0 spiro atoms. The third kappa shape index (κ3) is 2.71. The lowest BCUT2D eigenvalue weighted by molar-refractivity contribution is -0.0500. The molecule has 0 atom stereocenters. The van der Waals surface area contributed by atoms with Crippen LogP contribution in [0.5, 0.6) is 17.2 Å². The smallest absolute Gasteiger partial charge is 0.387 e. The molecule has 0 aliphatic carbocycles. The summed E-state index contributed by atoms with van der Waals surface area (Å²) in [6, 6.07) is 2.66. The van der Waals surface area contributed by atoms with Gasteiger partial charge in [-0.1, -0.05) is 0 Å².